The topological polar surface area (TPSA) is 71.7 Å². The molecule has 0 aliphatic rings. The average molecular weight is 375 g/mol. The second-order valence-electron chi connectivity index (χ2n) is 4.90. The Morgan fingerprint density at radius 2 is 2.13 bits per heavy atom. The molecule has 3 rings (SSSR count). The van der Waals surface area contributed by atoms with Gasteiger partial charge in [0, 0.05) is 12.6 Å². The fourth-order valence-corrected chi connectivity index (χ4v) is 2.67. The zero-order valence-corrected chi connectivity index (χ0v) is 14.2. The van der Waals surface area contributed by atoms with Crippen molar-refractivity contribution in [3.8, 4) is 11.5 Å². The summed E-state index contributed by atoms with van der Waals surface area (Å²) in [4.78, 5) is 4.46. The van der Waals surface area contributed by atoms with Crippen molar-refractivity contribution in [2.45, 2.75) is 0 Å². The largest absolute Gasteiger partial charge is 0.506 e. The molecule has 2 aromatic carbocycles. The molecule has 0 bridgehead atoms. The average Bonchev–Trinajstić information content (AvgIpc) is 2.88. The van der Waals surface area contributed by atoms with Gasteiger partial charge in [0.25, 0.3) is 0 Å². The van der Waals surface area contributed by atoms with E-state index < -0.39 is 0 Å². The van der Waals surface area contributed by atoms with Crippen LogP contribution in [0.25, 0.3) is 11.0 Å². The number of phenolic OH excluding ortho intramolecular Hbond substituents is 1. The van der Waals surface area contributed by atoms with Crippen LogP contribution in [0.15, 0.2) is 46.0 Å². The Bertz CT molecular complexity index is 889. The first kappa shape index (κ1) is 15.4. The predicted octanol–water partition coefficient (Wildman–Crippen LogP) is 3.50. The van der Waals surface area contributed by atoms with Crippen LogP contribution in [0, 0.1) is 0 Å². The Kier molecular flexibility index (Phi) is 4.20. The number of ether oxygens (including phenoxy) is 1. The lowest BCUT2D eigenvalue weighted by molar-refractivity contribution is 0.411. The first-order valence-electron chi connectivity index (χ1n) is 6.87. The van der Waals surface area contributed by atoms with Gasteiger partial charge in [-0.1, -0.05) is 12.1 Å². The number of rotatable bonds is 4. The van der Waals surface area contributed by atoms with E-state index in [1.807, 2.05) is 35.9 Å². The third-order valence-electron chi connectivity index (χ3n) is 3.46. The van der Waals surface area contributed by atoms with Crippen molar-refractivity contribution in [1.82, 2.24) is 9.55 Å². The van der Waals surface area contributed by atoms with E-state index in [-0.39, 0.29) is 5.75 Å². The summed E-state index contributed by atoms with van der Waals surface area (Å²) in [5.41, 5.74) is 5.32. The number of para-hydroxylation sites is 2. The monoisotopic (exact) mass is 374 g/mol. The number of nitrogens with zero attached hydrogens (tertiary/aromatic N) is 3. The minimum atomic E-state index is 0.0985. The molecular formula is C16H15BrN4O2. The number of halogens is 1. The molecule has 0 saturated heterocycles. The summed E-state index contributed by atoms with van der Waals surface area (Å²) in [6, 6.07) is 11.2. The molecule has 1 heterocycles. The van der Waals surface area contributed by atoms with Crippen LogP contribution < -0.4 is 10.2 Å². The number of fused-ring (bicyclic) bond motifs is 1. The highest BCUT2D eigenvalue weighted by Gasteiger charge is 2.08. The second kappa shape index (κ2) is 6.29. The number of benzene rings is 2. The smallest absolute Gasteiger partial charge is 0.224 e. The Balaban J connectivity index is 1.86. The molecule has 3 aromatic rings. The zero-order chi connectivity index (χ0) is 16.4. The molecule has 0 spiro atoms. The van der Waals surface area contributed by atoms with Gasteiger partial charge in [-0.2, -0.15) is 5.10 Å². The van der Waals surface area contributed by atoms with E-state index in [4.69, 9.17) is 4.74 Å². The normalized spacial score (nSPS) is 11.3. The summed E-state index contributed by atoms with van der Waals surface area (Å²) in [5, 5.41) is 14.2. The van der Waals surface area contributed by atoms with Gasteiger partial charge in [-0.05, 0) is 40.2 Å². The molecule has 118 valence electrons. The maximum atomic E-state index is 10.0. The van der Waals surface area contributed by atoms with Gasteiger partial charge in [-0.15, -0.1) is 0 Å². The number of aromatic nitrogens is 2. The van der Waals surface area contributed by atoms with Crippen molar-refractivity contribution in [2.24, 2.45) is 12.1 Å². The van der Waals surface area contributed by atoms with E-state index in [1.54, 1.807) is 19.2 Å². The van der Waals surface area contributed by atoms with E-state index in [1.165, 1.54) is 6.21 Å². The van der Waals surface area contributed by atoms with Crippen molar-refractivity contribution in [1.29, 1.82) is 0 Å². The zero-order valence-electron chi connectivity index (χ0n) is 12.6. The summed E-state index contributed by atoms with van der Waals surface area (Å²) >= 11 is 3.28. The Morgan fingerprint density at radius 3 is 2.87 bits per heavy atom. The molecule has 0 aliphatic heterocycles. The summed E-state index contributed by atoms with van der Waals surface area (Å²) in [6.07, 6.45) is 1.52. The molecule has 6 nitrogen and oxygen atoms in total. The van der Waals surface area contributed by atoms with Gasteiger partial charge in [0.1, 0.15) is 11.5 Å². The van der Waals surface area contributed by atoms with Crippen molar-refractivity contribution >= 4 is 39.1 Å². The molecule has 1 aromatic heterocycles. The fourth-order valence-electron chi connectivity index (χ4n) is 2.22. The SMILES string of the molecule is COc1cc(Br)c(O)c(/C=N\Nc2nc3ccccc3n2C)c1. The van der Waals surface area contributed by atoms with Crippen LogP contribution in [0.5, 0.6) is 11.5 Å². The van der Waals surface area contributed by atoms with Gasteiger partial charge in [-0.3, -0.25) is 0 Å². The van der Waals surface area contributed by atoms with E-state index >= 15 is 0 Å². The number of methoxy groups -OCH3 is 1. The lowest BCUT2D eigenvalue weighted by atomic mass is 10.2. The highest BCUT2D eigenvalue weighted by Crippen LogP contribution is 2.31. The minimum Gasteiger partial charge on any atom is -0.506 e. The maximum Gasteiger partial charge on any atom is 0.224 e. The van der Waals surface area contributed by atoms with Crippen molar-refractivity contribution < 1.29 is 9.84 Å². The standard InChI is InChI=1S/C16H15BrN4O2/c1-21-14-6-4-3-5-13(14)19-16(21)20-18-9-10-7-11(23-2)8-12(17)15(10)22/h3-9,22H,1-2H3,(H,19,20)/b18-9-. The first-order valence-corrected chi connectivity index (χ1v) is 7.66. The highest BCUT2D eigenvalue weighted by atomic mass is 79.9. The van der Waals surface area contributed by atoms with E-state index in [0.29, 0.717) is 21.7 Å². The minimum absolute atomic E-state index is 0.0985. The van der Waals surface area contributed by atoms with Crippen LogP contribution in [0.3, 0.4) is 0 Å². The van der Waals surface area contributed by atoms with Crippen LogP contribution in [0.4, 0.5) is 5.95 Å². The fraction of sp³-hybridized carbons (Fsp3) is 0.125. The van der Waals surface area contributed by atoms with Gasteiger partial charge in [0.05, 0.1) is 28.8 Å². The van der Waals surface area contributed by atoms with Crippen LogP contribution in [0.1, 0.15) is 5.56 Å². The van der Waals surface area contributed by atoms with Gasteiger partial charge in [0.2, 0.25) is 5.95 Å². The van der Waals surface area contributed by atoms with Crippen LogP contribution >= 0.6 is 15.9 Å². The molecule has 0 unspecified atom stereocenters. The number of anilines is 1. The van der Waals surface area contributed by atoms with Crippen molar-refractivity contribution in [3.05, 3.63) is 46.4 Å². The predicted molar refractivity (Wildman–Crippen MR) is 94.3 cm³/mol. The molecule has 23 heavy (non-hydrogen) atoms. The lowest BCUT2D eigenvalue weighted by Crippen LogP contribution is -1.99. The Labute approximate surface area is 141 Å². The molecule has 0 radical (unpaired) electrons. The van der Waals surface area contributed by atoms with Crippen LogP contribution in [-0.4, -0.2) is 28.0 Å². The molecule has 0 atom stereocenters. The highest BCUT2D eigenvalue weighted by molar-refractivity contribution is 9.10. The quantitative estimate of drug-likeness (QED) is 0.541. The van der Waals surface area contributed by atoms with Crippen LogP contribution in [-0.2, 0) is 7.05 Å². The number of hydrogen-bond acceptors (Lipinski definition) is 5. The summed E-state index contributed by atoms with van der Waals surface area (Å²) < 4.78 is 7.63. The lowest BCUT2D eigenvalue weighted by Gasteiger charge is -2.06. The van der Waals surface area contributed by atoms with E-state index in [0.717, 1.165) is 11.0 Å². The van der Waals surface area contributed by atoms with Crippen molar-refractivity contribution in [3.63, 3.8) is 0 Å². The van der Waals surface area contributed by atoms with Gasteiger partial charge in [0.15, 0.2) is 0 Å². The molecular weight excluding hydrogens is 360 g/mol. The third-order valence-corrected chi connectivity index (χ3v) is 4.06. The van der Waals surface area contributed by atoms with Gasteiger partial charge in [-0.25, -0.2) is 10.4 Å². The third kappa shape index (κ3) is 3.00. The molecule has 0 saturated carbocycles. The van der Waals surface area contributed by atoms with Crippen molar-refractivity contribution in [2.75, 3.05) is 12.5 Å². The molecule has 2 N–H and O–H groups in total. The maximum absolute atomic E-state index is 10.0. The number of hydrogen-bond donors (Lipinski definition) is 2. The molecule has 7 heteroatoms. The number of nitrogens with one attached hydrogen (secondary N) is 1. The number of phenols is 1. The molecule has 0 fully saturated rings. The number of aryl methyl sites for hydroxylation is 1. The summed E-state index contributed by atoms with van der Waals surface area (Å²) in [5.74, 6) is 1.34. The second-order valence-corrected chi connectivity index (χ2v) is 5.75. The number of aromatic hydroxyl groups is 1. The molecule has 0 aliphatic carbocycles. The summed E-state index contributed by atoms with van der Waals surface area (Å²) in [6.45, 7) is 0. The van der Waals surface area contributed by atoms with Gasteiger partial charge < -0.3 is 14.4 Å². The van der Waals surface area contributed by atoms with E-state index in [9.17, 15) is 5.11 Å². The summed E-state index contributed by atoms with van der Waals surface area (Å²) in [7, 11) is 3.48. The number of imidazole rings is 1. The Hall–Kier alpha value is -2.54. The van der Waals surface area contributed by atoms with E-state index in [2.05, 4.69) is 31.4 Å². The number of hydrazone groups is 1. The first-order chi connectivity index (χ1) is 11.1. The van der Waals surface area contributed by atoms with Crippen LogP contribution in [0.2, 0.25) is 0 Å². The van der Waals surface area contributed by atoms with Gasteiger partial charge >= 0.3 is 0 Å². The Morgan fingerprint density at radius 1 is 1.35 bits per heavy atom. The molecule has 0 amide bonds.